The number of aliphatic hydroxyl groups is 1. The van der Waals surface area contributed by atoms with Crippen LogP contribution in [-0.2, 0) is 6.54 Å². The molecule has 0 saturated heterocycles. The van der Waals surface area contributed by atoms with Crippen LogP contribution in [0.25, 0.3) is 6.08 Å². The Hall–Kier alpha value is -1.65. The fraction of sp³-hybridized carbons (Fsp3) is 0.444. The molecular weight excluding hydrogens is 310 g/mol. The van der Waals surface area contributed by atoms with Gasteiger partial charge in [0.05, 0.1) is 6.54 Å². The molecule has 2 aromatic rings. The second-order valence-electron chi connectivity index (χ2n) is 7.00. The molecule has 5 heteroatoms. The van der Waals surface area contributed by atoms with Gasteiger partial charge in [-0.15, -0.1) is 0 Å². The summed E-state index contributed by atoms with van der Waals surface area (Å²) < 4.78 is 1.70. The van der Waals surface area contributed by atoms with Gasteiger partial charge < -0.3 is 5.11 Å². The quantitative estimate of drug-likeness (QED) is 0.930. The van der Waals surface area contributed by atoms with Gasteiger partial charge in [0, 0.05) is 10.4 Å². The molecule has 3 rings (SSSR count). The summed E-state index contributed by atoms with van der Waals surface area (Å²) in [6, 6.07) is 7.68. The molecule has 122 valence electrons. The van der Waals surface area contributed by atoms with Crippen molar-refractivity contribution in [1.29, 1.82) is 0 Å². The minimum absolute atomic E-state index is 0.253. The fourth-order valence-electron chi connectivity index (χ4n) is 3.37. The molecule has 23 heavy (non-hydrogen) atoms. The third-order valence-electron chi connectivity index (χ3n) is 5.42. The van der Waals surface area contributed by atoms with Crippen LogP contribution in [0, 0.1) is 11.3 Å². The van der Waals surface area contributed by atoms with Gasteiger partial charge in [-0.05, 0) is 35.6 Å². The first-order valence-corrected chi connectivity index (χ1v) is 8.22. The van der Waals surface area contributed by atoms with E-state index in [4.69, 9.17) is 11.6 Å². The second kappa shape index (κ2) is 5.77. The van der Waals surface area contributed by atoms with E-state index in [1.54, 1.807) is 11.0 Å². The smallest absolute Gasteiger partial charge is 0.137 e. The summed E-state index contributed by atoms with van der Waals surface area (Å²) in [7, 11) is 0. The van der Waals surface area contributed by atoms with E-state index in [-0.39, 0.29) is 5.41 Å². The maximum atomic E-state index is 11.6. The number of benzene rings is 1. The van der Waals surface area contributed by atoms with E-state index in [2.05, 4.69) is 36.9 Å². The van der Waals surface area contributed by atoms with Crippen molar-refractivity contribution in [2.24, 2.45) is 11.3 Å². The van der Waals surface area contributed by atoms with Crippen LogP contribution >= 0.6 is 11.6 Å². The number of hydrogen-bond donors (Lipinski definition) is 1. The summed E-state index contributed by atoms with van der Waals surface area (Å²) in [6.07, 6.45) is 6.09. The number of rotatable bonds is 3. The Morgan fingerprint density at radius 3 is 2.65 bits per heavy atom. The highest BCUT2D eigenvalue weighted by Crippen LogP contribution is 2.54. The lowest BCUT2D eigenvalue weighted by Gasteiger charge is -2.39. The topological polar surface area (TPSA) is 50.9 Å². The maximum absolute atomic E-state index is 11.6. The Morgan fingerprint density at radius 1 is 1.35 bits per heavy atom. The maximum Gasteiger partial charge on any atom is 0.137 e. The Labute approximate surface area is 141 Å². The molecule has 1 fully saturated rings. The lowest BCUT2D eigenvalue weighted by atomic mass is 9.72. The molecule has 1 N–H and O–H groups in total. The van der Waals surface area contributed by atoms with Gasteiger partial charge in [-0.1, -0.05) is 50.6 Å². The van der Waals surface area contributed by atoms with Crippen LogP contribution in [0.1, 0.15) is 32.8 Å². The molecule has 1 aromatic heterocycles. The molecule has 0 aliphatic heterocycles. The van der Waals surface area contributed by atoms with Crippen LogP contribution < -0.4 is 0 Å². The minimum atomic E-state index is -0.959. The Morgan fingerprint density at radius 2 is 2.04 bits per heavy atom. The summed E-state index contributed by atoms with van der Waals surface area (Å²) in [6.45, 7) is 6.84. The van der Waals surface area contributed by atoms with Crippen LogP contribution in [0.15, 0.2) is 42.5 Å². The first-order valence-electron chi connectivity index (χ1n) is 7.84. The Bertz CT molecular complexity index is 706. The number of nitrogens with zero attached hydrogens (tertiary/aromatic N) is 3. The summed E-state index contributed by atoms with van der Waals surface area (Å²) >= 11 is 5.96. The molecule has 1 aliphatic rings. The SMILES string of the molecule is CC1C/C(=C/c2ccc(Cl)cc2)C(O)(Cn2cncn2)C1(C)C. The summed E-state index contributed by atoms with van der Waals surface area (Å²) in [4.78, 5) is 3.99. The van der Waals surface area contributed by atoms with E-state index in [1.807, 2.05) is 24.3 Å². The van der Waals surface area contributed by atoms with E-state index in [0.717, 1.165) is 17.6 Å². The van der Waals surface area contributed by atoms with Crippen molar-refractivity contribution in [1.82, 2.24) is 14.8 Å². The van der Waals surface area contributed by atoms with Crippen LogP contribution in [0.2, 0.25) is 5.02 Å². The van der Waals surface area contributed by atoms with E-state index < -0.39 is 5.60 Å². The first kappa shape index (κ1) is 16.2. The number of halogens is 1. The highest BCUT2D eigenvalue weighted by Gasteiger charge is 2.55. The standard InChI is InChI=1S/C18H22ClN3O/c1-13-8-15(9-14-4-6-16(19)7-5-14)18(23,17(13,2)3)10-22-12-20-11-21-22/h4-7,9,11-13,23H,8,10H2,1-3H3/b15-9-. The van der Waals surface area contributed by atoms with Crippen molar-refractivity contribution in [3.63, 3.8) is 0 Å². The number of aromatic nitrogens is 3. The van der Waals surface area contributed by atoms with Crippen molar-refractivity contribution >= 4 is 17.7 Å². The van der Waals surface area contributed by atoms with Gasteiger partial charge in [0.1, 0.15) is 18.3 Å². The third-order valence-corrected chi connectivity index (χ3v) is 5.68. The summed E-state index contributed by atoms with van der Waals surface area (Å²) in [5, 5.41) is 16.4. The fourth-order valence-corrected chi connectivity index (χ4v) is 3.49. The minimum Gasteiger partial charge on any atom is -0.383 e. The van der Waals surface area contributed by atoms with Gasteiger partial charge in [0.25, 0.3) is 0 Å². The summed E-state index contributed by atoms with van der Waals surface area (Å²) in [5.74, 6) is 0.370. The molecule has 0 spiro atoms. The first-order chi connectivity index (χ1) is 10.8. The van der Waals surface area contributed by atoms with Crippen molar-refractivity contribution < 1.29 is 5.11 Å². The van der Waals surface area contributed by atoms with Crippen molar-refractivity contribution in [2.45, 2.75) is 39.3 Å². The molecule has 1 aromatic carbocycles. The van der Waals surface area contributed by atoms with Crippen molar-refractivity contribution in [2.75, 3.05) is 0 Å². The second-order valence-corrected chi connectivity index (χ2v) is 7.44. The molecular formula is C18H22ClN3O. The average Bonchev–Trinajstić information content (AvgIpc) is 3.05. The van der Waals surface area contributed by atoms with Gasteiger partial charge in [0.2, 0.25) is 0 Å². The average molecular weight is 332 g/mol. The van der Waals surface area contributed by atoms with Crippen molar-refractivity contribution in [3.05, 3.63) is 53.1 Å². The van der Waals surface area contributed by atoms with Crippen LogP contribution in [0.5, 0.6) is 0 Å². The van der Waals surface area contributed by atoms with E-state index >= 15 is 0 Å². The number of hydrogen-bond acceptors (Lipinski definition) is 3. The van der Waals surface area contributed by atoms with Gasteiger partial charge >= 0.3 is 0 Å². The zero-order valence-electron chi connectivity index (χ0n) is 13.7. The molecule has 2 unspecified atom stereocenters. The molecule has 1 heterocycles. The molecule has 1 saturated carbocycles. The molecule has 0 radical (unpaired) electrons. The van der Waals surface area contributed by atoms with Gasteiger partial charge in [-0.2, -0.15) is 5.10 Å². The highest BCUT2D eigenvalue weighted by atomic mass is 35.5. The normalized spacial score (nSPS) is 28.4. The largest absolute Gasteiger partial charge is 0.383 e. The Kier molecular flexibility index (Phi) is 4.07. The zero-order chi connectivity index (χ0) is 16.7. The predicted octanol–water partition coefficient (Wildman–Crippen LogP) is 3.81. The van der Waals surface area contributed by atoms with E-state index in [0.29, 0.717) is 17.5 Å². The van der Waals surface area contributed by atoms with Crippen LogP contribution in [-0.4, -0.2) is 25.5 Å². The van der Waals surface area contributed by atoms with Crippen molar-refractivity contribution in [3.8, 4) is 0 Å². The van der Waals surface area contributed by atoms with Gasteiger partial charge in [-0.25, -0.2) is 9.67 Å². The summed E-state index contributed by atoms with van der Waals surface area (Å²) in [5.41, 5.74) is 0.871. The van der Waals surface area contributed by atoms with E-state index in [1.165, 1.54) is 6.33 Å². The monoisotopic (exact) mass is 331 g/mol. The van der Waals surface area contributed by atoms with Crippen LogP contribution in [0.4, 0.5) is 0 Å². The van der Waals surface area contributed by atoms with Gasteiger partial charge in [0.15, 0.2) is 0 Å². The Balaban J connectivity index is 2.01. The predicted molar refractivity (Wildman–Crippen MR) is 92.0 cm³/mol. The zero-order valence-corrected chi connectivity index (χ0v) is 14.5. The lowest BCUT2D eigenvalue weighted by molar-refractivity contribution is -0.0463. The van der Waals surface area contributed by atoms with Gasteiger partial charge in [-0.3, -0.25) is 0 Å². The third kappa shape index (κ3) is 2.81. The van der Waals surface area contributed by atoms with Crippen LogP contribution in [0.3, 0.4) is 0 Å². The molecule has 4 nitrogen and oxygen atoms in total. The molecule has 0 amide bonds. The lowest BCUT2D eigenvalue weighted by Crippen LogP contribution is -2.47. The molecule has 1 aliphatic carbocycles. The van der Waals surface area contributed by atoms with E-state index in [9.17, 15) is 5.11 Å². The molecule has 2 atom stereocenters. The molecule has 0 bridgehead atoms. The highest BCUT2D eigenvalue weighted by molar-refractivity contribution is 6.30.